The number of hydrogen-bond acceptors (Lipinski definition) is 7. The number of nitrogens with zero attached hydrogens (tertiary/aromatic N) is 2. The van der Waals surface area contributed by atoms with Gasteiger partial charge in [-0.05, 0) is 24.1 Å². The van der Waals surface area contributed by atoms with Crippen molar-refractivity contribution in [1.82, 2.24) is 9.97 Å². The number of rotatable bonds is 10. The SMILES string of the molecule is COCCNc1cc(NCCc2ccc(OC)c(OC)c2)ncn1. The fourth-order valence-corrected chi connectivity index (χ4v) is 2.20. The predicted molar refractivity (Wildman–Crippen MR) is 94.1 cm³/mol. The minimum atomic E-state index is 0.631. The summed E-state index contributed by atoms with van der Waals surface area (Å²) >= 11 is 0. The fraction of sp³-hybridized carbons (Fsp3) is 0.412. The summed E-state index contributed by atoms with van der Waals surface area (Å²) in [6.45, 7) is 2.09. The van der Waals surface area contributed by atoms with E-state index in [9.17, 15) is 0 Å². The van der Waals surface area contributed by atoms with Gasteiger partial charge in [-0.3, -0.25) is 0 Å². The Bertz CT molecular complexity index is 637. The first-order chi connectivity index (χ1) is 11.8. The van der Waals surface area contributed by atoms with Crippen molar-refractivity contribution in [2.75, 3.05) is 51.7 Å². The molecule has 2 aromatic rings. The third-order valence-electron chi connectivity index (χ3n) is 3.45. The normalized spacial score (nSPS) is 10.3. The van der Waals surface area contributed by atoms with E-state index in [2.05, 4.69) is 20.6 Å². The molecule has 1 heterocycles. The van der Waals surface area contributed by atoms with Gasteiger partial charge in [0.1, 0.15) is 18.0 Å². The molecular formula is C17H24N4O3. The number of anilines is 2. The van der Waals surface area contributed by atoms with Crippen LogP contribution < -0.4 is 20.1 Å². The van der Waals surface area contributed by atoms with E-state index in [0.717, 1.165) is 41.7 Å². The quantitative estimate of drug-likeness (QED) is 0.646. The number of aromatic nitrogens is 2. The molecule has 0 unspecified atom stereocenters. The maximum absolute atomic E-state index is 5.32. The van der Waals surface area contributed by atoms with Crippen LogP contribution in [-0.2, 0) is 11.2 Å². The molecule has 24 heavy (non-hydrogen) atoms. The molecule has 0 aliphatic carbocycles. The Balaban J connectivity index is 1.86. The lowest BCUT2D eigenvalue weighted by atomic mass is 10.1. The van der Waals surface area contributed by atoms with Gasteiger partial charge < -0.3 is 24.8 Å². The van der Waals surface area contributed by atoms with E-state index in [0.29, 0.717) is 13.2 Å². The Morgan fingerprint density at radius 2 is 1.58 bits per heavy atom. The van der Waals surface area contributed by atoms with Gasteiger partial charge in [-0.25, -0.2) is 9.97 Å². The molecule has 2 rings (SSSR count). The van der Waals surface area contributed by atoms with E-state index in [1.165, 1.54) is 6.33 Å². The molecule has 7 heteroatoms. The van der Waals surface area contributed by atoms with Crippen LogP contribution in [0.25, 0.3) is 0 Å². The van der Waals surface area contributed by atoms with Crippen molar-refractivity contribution < 1.29 is 14.2 Å². The standard InChI is InChI=1S/C17H24N4O3/c1-22-9-8-19-17-11-16(20-12-21-17)18-7-6-13-4-5-14(23-2)15(10-13)24-3/h4-5,10-12H,6-9H2,1-3H3,(H2,18,19,20,21). The maximum atomic E-state index is 5.32. The highest BCUT2D eigenvalue weighted by Gasteiger charge is 2.05. The van der Waals surface area contributed by atoms with E-state index >= 15 is 0 Å². The van der Waals surface area contributed by atoms with Crippen LogP contribution in [0.15, 0.2) is 30.6 Å². The lowest BCUT2D eigenvalue weighted by molar-refractivity contribution is 0.210. The Kier molecular flexibility index (Phi) is 7.10. The smallest absolute Gasteiger partial charge is 0.160 e. The van der Waals surface area contributed by atoms with Crippen molar-refractivity contribution in [2.24, 2.45) is 0 Å². The largest absolute Gasteiger partial charge is 0.493 e. The molecule has 2 N–H and O–H groups in total. The van der Waals surface area contributed by atoms with Crippen LogP contribution in [0.4, 0.5) is 11.6 Å². The summed E-state index contributed by atoms with van der Waals surface area (Å²) < 4.78 is 15.6. The molecule has 0 amide bonds. The molecular weight excluding hydrogens is 308 g/mol. The Hall–Kier alpha value is -2.54. The first kappa shape index (κ1) is 17.8. The summed E-state index contributed by atoms with van der Waals surface area (Å²) in [7, 11) is 4.94. The van der Waals surface area contributed by atoms with Crippen LogP contribution in [0.1, 0.15) is 5.56 Å². The fourth-order valence-electron chi connectivity index (χ4n) is 2.20. The molecule has 7 nitrogen and oxygen atoms in total. The average molecular weight is 332 g/mol. The maximum Gasteiger partial charge on any atom is 0.160 e. The highest BCUT2D eigenvalue weighted by molar-refractivity contribution is 5.47. The summed E-state index contributed by atoms with van der Waals surface area (Å²) in [5.41, 5.74) is 1.16. The Labute approximate surface area is 142 Å². The molecule has 0 bridgehead atoms. The van der Waals surface area contributed by atoms with Gasteiger partial charge in [0.15, 0.2) is 11.5 Å². The van der Waals surface area contributed by atoms with Gasteiger partial charge in [0.25, 0.3) is 0 Å². The topological polar surface area (TPSA) is 77.5 Å². The van der Waals surface area contributed by atoms with Gasteiger partial charge in [-0.15, -0.1) is 0 Å². The minimum Gasteiger partial charge on any atom is -0.493 e. The first-order valence-electron chi connectivity index (χ1n) is 7.76. The number of ether oxygens (including phenoxy) is 3. The van der Waals surface area contributed by atoms with Gasteiger partial charge >= 0.3 is 0 Å². The predicted octanol–water partition coefficient (Wildman–Crippen LogP) is 2.21. The van der Waals surface area contributed by atoms with Gasteiger partial charge in [0.2, 0.25) is 0 Å². The molecule has 0 spiro atoms. The Morgan fingerprint density at radius 3 is 2.25 bits per heavy atom. The van der Waals surface area contributed by atoms with Crippen molar-refractivity contribution in [1.29, 1.82) is 0 Å². The van der Waals surface area contributed by atoms with E-state index in [1.807, 2.05) is 24.3 Å². The second-order valence-electron chi connectivity index (χ2n) is 5.07. The van der Waals surface area contributed by atoms with Crippen LogP contribution >= 0.6 is 0 Å². The molecule has 0 aliphatic rings. The zero-order chi connectivity index (χ0) is 17.2. The molecule has 0 aliphatic heterocycles. The third kappa shape index (κ3) is 5.27. The zero-order valence-corrected chi connectivity index (χ0v) is 14.3. The minimum absolute atomic E-state index is 0.631. The van der Waals surface area contributed by atoms with Gasteiger partial charge in [0, 0.05) is 26.3 Å². The molecule has 0 fully saturated rings. The lowest BCUT2D eigenvalue weighted by Gasteiger charge is -2.11. The number of benzene rings is 1. The Morgan fingerprint density at radius 1 is 0.875 bits per heavy atom. The third-order valence-corrected chi connectivity index (χ3v) is 3.45. The summed E-state index contributed by atoms with van der Waals surface area (Å²) in [6.07, 6.45) is 2.38. The molecule has 0 atom stereocenters. The van der Waals surface area contributed by atoms with Crippen LogP contribution in [0, 0.1) is 0 Å². The molecule has 0 saturated carbocycles. The van der Waals surface area contributed by atoms with Crippen molar-refractivity contribution in [3.8, 4) is 11.5 Å². The first-order valence-corrected chi connectivity index (χ1v) is 7.76. The van der Waals surface area contributed by atoms with E-state index in [1.54, 1.807) is 21.3 Å². The second kappa shape index (κ2) is 9.57. The van der Waals surface area contributed by atoms with E-state index in [-0.39, 0.29) is 0 Å². The molecule has 0 radical (unpaired) electrons. The van der Waals surface area contributed by atoms with Gasteiger partial charge in [0.05, 0.1) is 20.8 Å². The lowest BCUT2D eigenvalue weighted by Crippen LogP contribution is -2.11. The second-order valence-corrected chi connectivity index (χ2v) is 5.07. The number of nitrogens with one attached hydrogen (secondary N) is 2. The molecule has 1 aromatic carbocycles. The number of hydrogen-bond donors (Lipinski definition) is 2. The van der Waals surface area contributed by atoms with Crippen LogP contribution in [0.5, 0.6) is 11.5 Å². The summed E-state index contributed by atoms with van der Waals surface area (Å²) in [6, 6.07) is 7.81. The van der Waals surface area contributed by atoms with Crippen molar-refractivity contribution in [3.63, 3.8) is 0 Å². The van der Waals surface area contributed by atoms with Gasteiger partial charge in [-0.1, -0.05) is 6.07 Å². The van der Waals surface area contributed by atoms with Crippen LogP contribution in [0.2, 0.25) is 0 Å². The average Bonchev–Trinajstić information content (AvgIpc) is 2.62. The summed E-state index contributed by atoms with van der Waals surface area (Å²) in [5, 5.41) is 6.47. The summed E-state index contributed by atoms with van der Waals surface area (Å²) in [5.74, 6) is 3.03. The monoisotopic (exact) mass is 332 g/mol. The highest BCUT2D eigenvalue weighted by atomic mass is 16.5. The van der Waals surface area contributed by atoms with Gasteiger partial charge in [-0.2, -0.15) is 0 Å². The van der Waals surface area contributed by atoms with Crippen LogP contribution in [-0.4, -0.2) is 51.0 Å². The summed E-state index contributed by atoms with van der Waals surface area (Å²) in [4.78, 5) is 8.39. The highest BCUT2D eigenvalue weighted by Crippen LogP contribution is 2.27. The zero-order valence-electron chi connectivity index (χ0n) is 14.3. The van der Waals surface area contributed by atoms with Crippen molar-refractivity contribution in [3.05, 3.63) is 36.2 Å². The van der Waals surface area contributed by atoms with E-state index < -0.39 is 0 Å². The van der Waals surface area contributed by atoms with Crippen molar-refractivity contribution in [2.45, 2.75) is 6.42 Å². The molecule has 130 valence electrons. The number of methoxy groups -OCH3 is 3. The van der Waals surface area contributed by atoms with E-state index in [4.69, 9.17) is 14.2 Å². The molecule has 0 saturated heterocycles. The van der Waals surface area contributed by atoms with Crippen LogP contribution in [0.3, 0.4) is 0 Å². The molecule has 1 aromatic heterocycles. The van der Waals surface area contributed by atoms with Crippen molar-refractivity contribution >= 4 is 11.6 Å².